The SMILES string of the molecule is CCN(Cc1ccncc1)C[C@]1(O)CCN(C(=O)Cc2cccnc2)C1. The van der Waals surface area contributed by atoms with Crippen molar-refractivity contribution < 1.29 is 9.90 Å². The van der Waals surface area contributed by atoms with E-state index in [0.29, 0.717) is 32.5 Å². The molecule has 1 aliphatic heterocycles. The Kier molecular flexibility index (Phi) is 5.96. The second-order valence-corrected chi connectivity index (χ2v) is 6.99. The highest BCUT2D eigenvalue weighted by atomic mass is 16.3. The fourth-order valence-corrected chi connectivity index (χ4v) is 3.43. The van der Waals surface area contributed by atoms with Crippen molar-refractivity contribution >= 4 is 5.91 Å². The lowest BCUT2D eigenvalue weighted by atomic mass is 10.0. The van der Waals surface area contributed by atoms with E-state index < -0.39 is 5.60 Å². The minimum Gasteiger partial charge on any atom is -0.387 e. The number of likely N-dealkylation sites (tertiary alicyclic amines) is 1. The molecule has 0 aromatic carbocycles. The summed E-state index contributed by atoms with van der Waals surface area (Å²) in [5, 5.41) is 11.0. The summed E-state index contributed by atoms with van der Waals surface area (Å²) in [7, 11) is 0. The van der Waals surface area contributed by atoms with Gasteiger partial charge in [0.1, 0.15) is 0 Å². The van der Waals surface area contributed by atoms with Gasteiger partial charge in [0.15, 0.2) is 0 Å². The molecular weight excluding hydrogens is 328 g/mol. The third-order valence-electron chi connectivity index (χ3n) is 4.88. The lowest BCUT2D eigenvalue weighted by Gasteiger charge is -2.30. The van der Waals surface area contributed by atoms with Crippen LogP contribution in [0.2, 0.25) is 0 Å². The van der Waals surface area contributed by atoms with Crippen molar-refractivity contribution in [2.24, 2.45) is 0 Å². The number of nitrogens with zero attached hydrogens (tertiary/aromatic N) is 4. The second kappa shape index (κ2) is 8.38. The lowest BCUT2D eigenvalue weighted by Crippen LogP contribution is -2.45. The van der Waals surface area contributed by atoms with Gasteiger partial charge in [-0.25, -0.2) is 0 Å². The van der Waals surface area contributed by atoms with Gasteiger partial charge in [0, 0.05) is 44.4 Å². The number of amides is 1. The summed E-state index contributed by atoms with van der Waals surface area (Å²) in [6, 6.07) is 7.72. The highest BCUT2D eigenvalue weighted by Crippen LogP contribution is 2.24. The van der Waals surface area contributed by atoms with Gasteiger partial charge < -0.3 is 10.0 Å². The van der Waals surface area contributed by atoms with Crippen LogP contribution in [0.25, 0.3) is 0 Å². The molecule has 2 aromatic heterocycles. The van der Waals surface area contributed by atoms with Crippen LogP contribution in [0.15, 0.2) is 49.1 Å². The maximum atomic E-state index is 12.5. The third kappa shape index (κ3) is 4.86. The number of likely N-dealkylation sites (N-methyl/N-ethyl adjacent to an activating group) is 1. The zero-order chi connectivity index (χ0) is 18.4. The highest BCUT2D eigenvalue weighted by molar-refractivity contribution is 5.79. The van der Waals surface area contributed by atoms with Crippen LogP contribution in [0, 0.1) is 0 Å². The van der Waals surface area contributed by atoms with E-state index in [2.05, 4.69) is 21.8 Å². The topological polar surface area (TPSA) is 69.6 Å². The Morgan fingerprint density at radius 1 is 1.23 bits per heavy atom. The van der Waals surface area contributed by atoms with Crippen molar-refractivity contribution in [3.05, 3.63) is 60.2 Å². The molecule has 6 heteroatoms. The Hall–Kier alpha value is -2.31. The predicted molar refractivity (Wildman–Crippen MR) is 99.3 cm³/mol. The standard InChI is InChI=1S/C20H26N4O2/c1-2-23(14-17-5-9-21-10-6-17)15-20(26)7-11-24(16-20)19(25)12-18-4-3-8-22-13-18/h3-6,8-10,13,26H,2,7,11-12,14-16H2,1H3/t20-/m1/s1. The summed E-state index contributed by atoms with van der Waals surface area (Å²) in [5.41, 5.74) is 1.22. The number of hydrogen-bond acceptors (Lipinski definition) is 5. The van der Waals surface area contributed by atoms with Gasteiger partial charge in [0.05, 0.1) is 18.6 Å². The first-order chi connectivity index (χ1) is 12.6. The van der Waals surface area contributed by atoms with Crippen molar-refractivity contribution in [1.29, 1.82) is 0 Å². The molecule has 0 radical (unpaired) electrons. The van der Waals surface area contributed by atoms with Crippen LogP contribution in [-0.2, 0) is 17.8 Å². The van der Waals surface area contributed by atoms with Crippen molar-refractivity contribution in [3.63, 3.8) is 0 Å². The first kappa shape index (κ1) is 18.5. The summed E-state index contributed by atoms with van der Waals surface area (Å²) < 4.78 is 0. The van der Waals surface area contributed by atoms with E-state index in [4.69, 9.17) is 0 Å². The number of aromatic nitrogens is 2. The molecule has 138 valence electrons. The number of carbonyl (C=O) groups excluding carboxylic acids is 1. The van der Waals surface area contributed by atoms with Gasteiger partial charge in [0.25, 0.3) is 0 Å². The Morgan fingerprint density at radius 2 is 2.04 bits per heavy atom. The minimum absolute atomic E-state index is 0.0473. The zero-order valence-electron chi connectivity index (χ0n) is 15.2. The molecule has 0 unspecified atom stereocenters. The molecule has 1 saturated heterocycles. The predicted octanol–water partition coefficient (Wildman–Crippen LogP) is 1.50. The molecule has 0 saturated carbocycles. The molecule has 2 aromatic rings. The fourth-order valence-electron chi connectivity index (χ4n) is 3.43. The summed E-state index contributed by atoms with van der Waals surface area (Å²) >= 11 is 0. The monoisotopic (exact) mass is 354 g/mol. The van der Waals surface area contributed by atoms with E-state index in [1.165, 1.54) is 5.56 Å². The van der Waals surface area contributed by atoms with E-state index in [1.807, 2.05) is 24.3 Å². The van der Waals surface area contributed by atoms with Gasteiger partial charge in [-0.2, -0.15) is 0 Å². The van der Waals surface area contributed by atoms with Gasteiger partial charge in [-0.15, -0.1) is 0 Å². The van der Waals surface area contributed by atoms with Crippen LogP contribution >= 0.6 is 0 Å². The van der Waals surface area contributed by atoms with Crippen molar-refractivity contribution in [3.8, 4) is 0 Å². The summed E-state index contributed by atoms with van der Waals surface area (Å²) in [6.45, 7) is 5.24. The molecule has 1 atom stereocenters. The smallest absolute Gasteiger partial charge is 0.227 e. The maximum Gasteiger partial charge on any atom is 0.227 e. The summed E-state index contributed by atoms with van der Waals surface area (Å²) in [4.78, 5) is 24.6. The van der Waals surface area contributed by atoms with Crippen molar-refractivity contribution in [2.75, 3.05) is 26.2 Å². The molecule has 1 aliphatic rings. The number of hydrogen-bond donors (Lipinski definition) is 1. The molecule has 1 fully saturated rings. The molecule has 26 heavy (non-hydrogen) atoms. The van der Waals surface area contributed by atoms with E-state index in [9.17, 15) is 9.90 Å². The fraction of sp³-hybridized carbons (Fsp3) is 0.450. The number of β-amino-alcohol motifs (C(OH)–C–C–N with tert-alkyl or cyclic N) is 1. The van der Waals surface area contributed by atoms with Crippen LogP contribution in [0.4, 0.5) is 0 Å². The quantitative estimate of drug-likeness (QED) is 0.816. The van der Waals surface area contributed by atoms with E-state index in [1.54, 1.807) is 29.7 Å². The van der Waals surface area contributed by atoms with E-state index in [-0.39, 0.29) is 5.91 Å². The first-order valence-corrected chi connectivity index (χ1v) is 9.08. The normalized spacial score (nSPS) is 19.9. The summed E-state index contributed by atoms with van der Waals surface area (Å²) in [5.74, 6) is 0.0473. The first-order valence-electron chi connectivity index (χ1n) is 9.08. The maximum absolute atomic E-state index is 12.5. The van der Waals surface area contributed by atoms with Gasteiger partial charge >= 0.3 is 0 Å². The van der Waals surface area contributed by atoms with Crippen LogP contribution in [0.3, 0.4) is 0 Å². The van der Waals surface area contributed by atoms with E-state index in [0.717, 1.165) is 18.7 Å². The van der Waals surface area contributed by atoms with Crippen LogP contribution in [0.5, 0.6) is 0 Å². The molecule has 3 rings (SSSR count). The average molecular weight is 354 g/mol. The van der Waals surface area contributed by atoms with Gasteiger partial charge in [0.2, 0.25) is 5.91 Å². The van der Waals surface area contributed by atoms with Gasteiger partial charge in [-0.3, -0.25) is 19.7 Å². The number of rotatable bonds is 7. The molecule has 0 bridgehead atoms. The van der Waals surface area contributed by atoms with Crippen LogP contribution in [-0.4, -0.2) is 62.6 Å². The Balaban J connectivity index is 1.56. The van der Waals surface area contributed by atoms with Crippen LogP contribution in [0.1, 0.15) is 24.5 Å². The molecule has 1 N–H and O–H groups in total. The Morgan fingerprint density at radius 3 is 2.73 bits per heavy atom. The van der Waals surface area contributed by atoms with Crippen LogP contribution < -0.4 is 0 Å². The van der Waals surface area contributed by atoms with Crippen molar-refractivity contribution in [1.82, 2.24) is 19.8 Å². The molecule has 1 amide bonds. The highest BCUT2D eigenvalue weighted by Gasteiger charge is 2.39. The number of aliphatic hydroxyl groups is 1. The second-order valence-electron chi connectivity index (χ2n) is 6.99. The number of carbonyl (C=O) groups is 1. The molecular formula is C20H26N4O2. The summed E-state index contributed by atoms with van der Waals surface area (Å²) in [6.07, 6.45) is 7.92. The van der Waals surface area contributed by atoms with Crippen molar-refractivity contribution in [2.45, 2.75) is 31.9 Å². The number of pyridine rings is 2. The third-order valence-corrected chi connectivity index (χ3v) is 4.88. The molecule has 3 heterocycles. The minimum atomic E-state index is -0.854. The molecule has 0 spiro atoms. The molecule has 0 aliphatic carbocycles. The Labute approximate surface area is 154 Å². The zero-order valence-corrected chi connectivity index (χ0v) is 15.2. The molecule has 6 nitrogen and oxygen atoms in total. The van der Waals surface area contributed by atoms with E-state index >= 15 is 0 Å². The Bertz CT molecular complexity index is 710. The lowest BCUT2D eigenvalue weighted by molar-refractivity contribution is -0.130. The average Bonchev–Trinajstić information content (AvgIpc) is 3.05. The van der Waals surface area contributed by atoms with Gasteiger partial charge in [-0.1, -0.05) is 13.0 Å². The van der Waals surface area contributed by atoms with Gasteiger partial charge in [-0.05, 0) is 42.3 Å². The largest absolute Gasteiger partial charge is 0.387 e.